The van der Waals surface area contributed by atoms with Crippen LogP contribution in [0.25, 0.3) is 0 Å². The monoisotopic (exact) mass is 469 g/mol. The van der Waals surface area contributed by atoms with Gasteiger partial charge >= 0.3 is 18.3 Å². The molecule has 1 atom stereocenters. The molecule has 0 radical (unpaired) electrons. The highest BCUT2D eigenvalue weighted by molar-refractivity contribution is 5.75. The van der Waals surface area contributed by atoms with Crippen molar-refractivity contribution in [2.75, 3.05) is 13.1 Å². The SMILES string of the molecule is CC(C)(C)OC(=O)CNCC(O)c1ccc(OC(=O)Cc2ccc(OC(F)(F)F)cc2)cc1. The van der Waals surface area contributed by atoms with E-state index in [0.29, 0.717) is 11.1 Å². The van der Waals surface area contributed by atoms with Gasteiger partial charge in [0, 0.05) is 6.54 Å². The van der Waals surface area contributed by atoms with Crippen molar-refractivity contribution in [2.24, 2.45) is 0 Å². The van der Waals surface area contributed by atoms with E-state index in [0.717, 1.165) is 12.1 Å². The summed E-state index contributed by atoms with van der Waals surface area (Å²) in [6.45, 7) is 5.35. The Labute approximate surface area is 189 Å². The first-order valence-corrected chi connectivity index (χ1v) is 10.1. The van der Waals surface area contributed by atoms with Gasteiger partial charge in [0.2, 0.25) is 0 Å². The number of carbonyl (C=O) groups excluding carboxylic acids is 2. The highest BCUT2D eigenvalue weighted by Crippen LogP contribution is 2.23. The van der Waals surface area contributed by atoms with Crippen LogP contribution in [0.2, 0.25) is 0 Å². The number of hydrogen-bond donors (Lipinski definition) is 2. The van der Waals surface area contributed by atoms with Crippen molar-refractivity contribution in [3.05, 3.63) is 59.7 Å². The summed E-state index contributed by atoms with van der Waals surface area (Å²) in [6.07, 6.45) is -5.82. The molecule has 7 nitrogen and oxygen atoms in total. The van der Waals surface area contributed by atoms with Crippen molar-refractivity contribution < 1.29 is 42.1 Å². The second-order valence-electron chi connectivity index (χ2n) is 8.14. The minimum Gasteiger partial charge on any atom is -0.459 e. The molecule has 2 N–H and O–H groups in total. The molecule has 180 valence electrons. The number of esters is 2. The summed E-state index contributed by atoms with van der Waals surface area (Å²) in [7, 11) is 0. The molecule has 0 fully saturated rings. The summed E-state index contributed by atoms with van der Waals surface area (Å²) in [5.74, 6) is -1.17. The molecule has 33 heavy (non-hydrogen) atoms. The molecule has 2 rings (SSSR count). The minimum absolute atomic E-state index is 0.0483. The predicted molar refractivity (Wildman–Crippen MR) is 113 cm³/mol. The Kier molecular flexibility index (Phi) is 8.84. The van der Waals surface area contributed by atoms with Gasteiger partial charge in [-0.1, -0.05) is 24.3 Å². The molecular weight excluding hydrogens is 443 g/mol. The Bertz CT molecular complexity index is 921. The van der Waals surface area contributed by atoms with E-state index < -0.39 is 30.0 Å². The van der Waals surface area contributed by atoms with Crippen LogP contribution in [0, 0.1) is 0 Å². The van der Waals surface area contributed by atoms with Crippen LogP contribution in [0.5, 0.6) is 11.5 Å². The molecule has 1 unspecified atom stereocenters. The lowest BCUT2D eigenvalue weighted by molar-refractivity contribution is -0.274. The fourth-order valence-corrected chi connectivity index (χ4v) is 2.71. The van der Waals surface area contributed by atoms with Crippen molar-refractivity contribution in [1.82, 2.24) is 5.32 Å². The summed E-state index contributed by atoms with van der Waals surface area (Å²) >= 11 is 0. The third-order valence-corrected chi connectivity index (χ3v) is 4.03. The maximum Gasteiger partial charge on any atom is 0.573 e. The summed E-state index contributed by atoms with van der Waals surface area (Å²) in [5, 5.41) is 13.0. The van der Waals surface area contributed by atoms with E-state index in [4.69, 9.17) is 9.47 Å². The Balaban J connectivity index is 1.80. The number of halogens is 3. The van der Waals surface area contributed by atoms with E-state index >= 15 is 0 Å². The van der Waals surface area contributed by atoms with Crippen molar-refractivity contribution >= 4 is 11.9 Å². The van der Waals surface area contributed by atoms with Gasteiger partial charge in [-0.25, -0.2) is 0 Å². The van der Waals surface area contributed by atoms with E-state index in [2.05, 4.69) is 10.1 Å². The molecule has 0 saturated heterocycles. The number of alkyl halides is 3. The quantitative estimate of drug-likeness (QED) is 0.427. The van der Waals surface area contributed by atoms with Gasteiger partial charge in [-0.2, -0.15) is 0 Å². The lowest BCUT2D eigenvalue weighted by atomic mass is 10.1. The van der Waals surface area contributed by atoms with Crippen molar-refractivity contribution in [2.45, 2.75) is 45.3 Å². The molecule has 2 aromatic rings. The number of ether oxygens (including phenoxy) is 3. The van der Waals surface area contributed by atoms with E-state index in [1.807, 2.05) is 0 Å². The fraction of sp³-hybridized carbons (Fsp3) is 0.391. The maximum atomic E-state index is 12.2. The highest BCUT2D eigenvalue weighted by Gasteiger charge is 2.31. The zero-order valence-corrected chi connectivity index (χ0v) is 18.4. The lowest BCUT2D eigenvalue weighted by Gasteiger charge is -2.20. The summed E-state index contributed by atoms with van der Waals surface area (Å²) < 4.78 is 50.7. The molecule has 0 heterocycles. The number of rotatable bonds is 9. The molecule has 10 heteroatoms. The first kappa shape index (κ1) is 26.1. The zero-order valence-electron chi connectivity index (χ0n) is 18.4. The van der Waals surface area contributed by atoms with Gasteiger partial charge in [0.1, 0.15) is 17.1 Å². The number of nitrogens with one attached hydrogen (secondary N) is 1. The zero-order chi connectivity index (χ0) is 24.6. The Morgan fingerprint density at radius 1 is 0.939 bits per heavy atom. The van der Waals surface area contributed by atoms with Crippen LogP contribution < -0.4 is 14.8 Å². The molecule has 0 aliphatic heterocycles. The number of hydrogen-bond acceptors (Lipinski definition) is 7. The molecule has 2 aromatic carbocycles. The topological polar surface area (TPSA) is 94.1 Å². The number of aliphatic hydroxyl groups is 1. The smallest absolute Gasteiger partial charge is 0.459 e. The van der Waals surface area contributed by atoms with Crippen molar-refractivity contribution in [3.63, 3.8) is 0 Å². The van der Waals surface area contributed by atoms with Gasteiger partial charge < -0.3 is 24.6 Å². The molecule has 0 aromatic heterocycles. The van der Waals surface area contributed by atoms with E-state index in [-0.39, 0.29) is 31.0 Å². The maximum absolute atomic E-state index is 12.2. The van der Waals surface area contributed by atoms with E-state index in [1.165, 1.54) is 24.3 Å². The van der Waals surface area contributed by atoms with Crippen LogP contribution in [0.4, 0.5) is 13.2 Å². The molecule has 0 aliphatic rings. The Morgan fingerprint density at radius 3 is 2.06 bits per heavy atom. The van der Waals surface area contributed by atoms with Crippen LogP contribution in [0.15, 0.2) is 48.5 Å². The number of aliphatic hydroxyl groups excluding tert-OH is 1. The largest absolute Gasteiger partial charge is 0.573 e. The summed E-state index contributed by atoms with van der Waals surface area (Å²) in [6, 6.07) is 11.1. The predicted octanol–water partition coefficient (Wildman–Crippen LogP) is 3.70. The number of benzene rings is 2. The van der Waals surface area contributed by atoms with E-state index in [1.54, 1.807) is 32.9 Å². The third kappa shape index (κ3) is 10.4. The lowest BCUT2D eigenvalue weighted by Crippen LogP contribution is -2.33. The highest BCUT2D eigenvalue weighted by atomic mass is 19.4. The van der Waals surface area contributed by atoms with Crippen LogP contribution >= 0.6 is 0 Å². The standard InChI is InChI=1S/C23H26F3NO6/c1-22(2,3)33-21(30)14-27-13-19(28)16-6-10-17(11-7-16)31-20(29)12-15-4-8-18(9-5-15)32-23(24,25)26/h4-11,19,27-28H,12-14H2,1-3H3. The minimum atomic E-state index is -4.78. The average molecular weight is 469 g/mol. The van der Waals surface area contributed by atoms with Gasteiger partial charge in [0.15, 0.2) is 0 Å². The van der Waals surface area contributed by atoms with Crippen LogP contribution in [-0.4, -0.2) is 42.1 Å². The van der Waals surface area contributed by atoms with Gasteiger partial charge in [-0.3, -0.25) is 9.59 Å². The summed E-state index contributed by atoms with van der Waals surface area (Å²) in [5.41, 5.74) is 0.416. The van der Waals surface area contributed by atoms with Crippen LogP contribution in [0.1, 0.15) is 38.0 Å². The summed E-state index contributed by atoms with van der Waals surface area (Å²) in [4.78, 5) is 23.7. The van der Waals surface area contributed by atoms with Gasteiger partial charge in [0.25, 0.3) is 0 Å². The third-order valence-electron chi connectivity index (χ3n) is 4.03. The molecule has 0 bridgehead atoms. The van der Waals surface area contributed by atoms with Crippen molar-refractivity contribution in [3.8, 4) is 11.5 Å². The Morgan fingerprint density at radius 2 is 1.52 bits per heavy atom. The first-order chi connectivity index (χ1) is 15.3. The first-order valence-electron chi connectivity index (χ1n) is 10.1. The van der Waals surface area contributed by atoms with Gasteiger partial charge in [-0.05, 0) is 56.2 Å². The normalized spacial score (nSPS) is 12.7. The average Bonchev–Trinajstić information content (AvgIpc) is 2.67. The molecule has 0 spiro atoms. The second kappa shape index (κ2) is 11.2. The van der Waals surface area contributed by atoms with Crippen LogP contribution in [-0.2, 0) is 20.7 Å². The molecule has 0 saturated carbocycles. The number of carbonyl (C=O) groups is 2. The van der Waals surface area contributed by atoms with E-state index in [9.17, 15) is 27.9 Å². The van der Waals surface area contributed by atoms with Crippen molar-refractivity contribution in [1.29, 1.82) is 0 Å². The Hall–Kier alpha value is -3.11. The molecular formula is C23H26F3NO6. The second-order valence-corrected chi connectivity index (χ2v) is 8.14. The molecule has 0 amide bonds. The molecule has 0 aliphatic carbocycles. The fourth-order valence-electron chi connectivity index (χ4n) is 2.71. The van der Waals surface area contributed by atoms with Gasteiger partial charge in [0.05, 0.1) is 19.1 Å². The van der Waals surface area contributed by atoms with Crippen LogP contribution in [0.3, 0.4) is 0 Å². The van der Waals surface area contributed by atoms with Gasteiger partial charge in [-0.15, -0.1) is 13.2 Å².